The smallest absolute Gasteiger partial charge is 0.326 e. The summed E-state index contributed by atoms with van der Waals surface area (Å²) in [6.45, 7) is 5.54. The molecule has 3 rings (SSSR count). The van der Waals surface area contributed by atoms with Gasteiger partial charge in [0.05, 0.1) is 18.5 Å². The first-order valence-corrected chi connectivity index (χ1v) is 12.3. The first-order chi connectivity index (χ1) is 15.1. The Morgan fingerprint density at radius 1 is 0.969 bits per heavy atom. The zero-order valence-electron chi connectivity index (χ0n) is 17.9. The number of carbonyl (C=O) groups is 2. The molecule has 2 unspecified atom stereocenters. The number of aliphatic hydroxyl groups excluding tert-OH is 2. The maximum absolute atomic E-state index is 11.7. The molecule has 0 bridgehead atoms. The van der Waals surface area contributed by atoms with E-state index in [9.17, 15) is 23.1 Å². The van der Waals surface area contributed by atoms with Gasteiger partial charge in [-0.05, 0) is 25.9 Å². The van der Waals surface area contributed by atoms with Crippen LogP contribution in [0.1, 0.15) is 12.8 Å². The third-order valence-corrected chi connectivity index (χ3v) is 6.39. The second-order valence-corrected chi connectivity index (χ2v) is 9.59. The molecule has 3 saturated heterocycles. The van der Waals surface area contributed by atoms with E-state index in [1.165, 1.54) is 0 Å². The molecule has 0 aromatic rings. The second kappa shape index (κ2) is 12.7. The predicted molar refractivity (Wildman–Crippen MR) is 113 cm³/mol. The maximum Gasteiger partial charge on any atom is 0.326 e. The minimum atomic E-state index is -3.84. The van der Waals surface area contributed by atoms with Crippen molar-refractivity contribution in [1.82, 2.24) is 20.4 Å². The molecule has 0 aromatic heterocycles. The van der Waals surface area contributed by atoms with Crippen LogP contribution < -0.4 is 10.6 Å². The summed E-state index contributed by atoms with van der Waals surface area (Å²) < 4.78 is 34.8. The summed E-state index contributed by atoms with van der Waals surface area (Å²) in [6.07, 6.45) is -0.425. The van der Waals surface area contributed by atoms with Crippen molar-refractivity contribution in [1.29, 1.82) is 0 Å². The van der Waals surface area contributed by atoms with Gasteiger partial charge in [-0.1, -0.05) is 0 Å². The molecule has 3 fully saturated rings. The van der Waals surface area contributed by atoms with Gasteiger partial charge < -0.3 is 30.7 Å². The first kappa shape index (κ1) is 26.9. The van der Waals surface area contributed by atoms with Gasteiger partial charge in [0.25, 0.3) is 10.1 Å². The van der Waals surface area contributed by atoms with Crippen LogP contribution in [0.4, 0.5) is 0 Å². The Morgan fingerprint density at radius 2 is 1.53 bits per heavy atom. The molecule has 0 saturated carbocycles. The van der Waals surface area contributed by atoms with Crippen LogP contribution in [0.15, 0.2) is 0 Å². The summed E-state index contributed by atoms with van der Waals surface area (Å²) in [7, 11) is -3.84. The molecule has 186 valence electrons. The Balaban J connectivity index is 0.000000229. The number of esters is 1. The molecule has 13 nitrogen and oxygen atoms in total. The van der Waals surface area contributed by atoms with Crippen molar-refractivity contribution in [3.63, 3.8) is 0 Å². The summed E-state index contributed by atoms with van der Waals surface area (Å²) in [5, 5.41) is 32.7. The van der Waals surface area contributed by atoms with E-state index in [0.29, 0.717) is 39.0 Å². The molecule has 32 heavy (non-hydrogen) atoms. The van der Waals surface area contributed by atoms with E-state index in [1.54, 1.807) is 0 Å². The standard InChI is InChI=1S/C10H16N2O5.C8H18N2O4S/c13-5-1-3-11-7(5)10(16)17-6-2-4-12-8(6)9(14)15;11-7-5-9-1-3-10(4-2-9)6-8-15(12,13)14/h5-8,11-13H,1-4H2,(H,14,15);11H,1-8H2,(H,12,13,14)/t5?,6?,7-,8-;/m0./s1. The lowest BCUT2D eigenvalue weighted by Crippen LogP contribution is -2.48. The maximum atomic E-state index is 11.7. The third-order valence-electron chi connectivity index (χ3n) is 5.69. The van der Waals surface area contributed by atoms with Crippen molar-refractivity contribution in [3.8, 4) is 0 Å². The second-order valence-electron chi connectivity index (χ2n) is 8.01. The van der Waals surface area contributed by atoms with E-state index in [4.69, 9.17) is 19.5 Å². The number of rotatable bonds is 8. The molecule has 3 heterocycles. The lowest BCUT2D eigenvalue weighted by Gasteiger charge is -2.33. The fourth-order valence-corrected chi connectivity index (χ4v) is 4.32. The molecule has 0 amide bonds. The lowest BCUT2D eigenvalue weighted by atomic mass is 10.1. The number of hydrogen-bond acceptors (Lipinski definition) is 11. The Morgan fingerprint density at radius 3 is 2.03 bits per heavy atom. The molecule has 0 aliphatic carbocycles. The fraction of sp³-hybridized carbons (Fsp3) is 0.889. The van der Waals surface area contributed by atoms with Crippen LogP contribution in [0.5, 0.6) is 0 Å². The first-order valence-electron chi connectivity index (χ1n) is 10.7. The minimum Gasteiger partial charge on any atom is -0.480 e. The van der Waals surface area contributed by atoms with Crippen LogP contribution in [0.2, 0.25) is 0 Å². The van der Waals surface area contributed by atoms with Crippen LogP contribution in [0, 0.1) is 0 Å². The number of carboxylic acid groups (broad SMARTS) is 1. The SMILES string of the molecule is O=C(OC1CCN[C@@H]1C(=O)O)[C@H]1NCCC1O.O=S(=O)(O)CCN1CCN(CCO)CC1. The number of carboxylic acids is 1. The van der Waals surface area contributed by atoms with E-state index in [2.05, 4.69) is 15.5 Å². The molecule has 3 aliphatic heterocycles. The number of aliphatic hydroxyl groups is 2. The molecular formula is C18H34N4O9S. The minimum absolute atomic E-state index is 0.158. The Kier molecular flexibility index (Phi) is 10.7. The van der Waals surface area contributed by atoms with E-state index in [-0.39, 0.29) is 12.4 Å². The van der Waals surface area contributed by atoms with Gasteiger partial charge in [-0.15, -0.1) is 0 Å². The van der Waals surface area contributed by atoms with Crippen LogP contribution in [0.25, 0.3) is 0 Å². The number of piperazine rings is 1. The van der Waals surface area contributed by atoms with E-state index in [1.807, 2.05) is 4.90 Å². The summed E-state index contributed by atoms with van der Waals surface area (Å²) in [5.41, 5.74) is 0. The highest BCUT2D eigenvalue weighted by atomic mass is 32.2. The number of carbonyl (C=O) groups excluding carboxylic acids is 1. The van der Waals surface area contributed by atoms with Crippen LogP contribution in [-0.4, -0.2) is 139 Å². The summed E-state index contributed by atoms with van der Waals surface area (Å²) in [6, 6.07) is -1.58. The summed E-state index contributed by atoms with van der Waals surface area (Å²) in [4.78, 5) is 26.7. The highest BCUT2D eigenvalue weighted by molar-refractivity contribution is 7.85. The van der Waals surface area contributed by atoms with Crippen LogP contribution in [-0.2, 0) is 24.4 Å². The van der Waals surface area contributed by atoms with Gasteiger partial charge in [0, 0.05) is 39.3 Å². The number of hydrogen-bond donors (Lipinski definition) is 6. The van der Waals surface area contributed by atoms with Crippen molar-refractivity contribution in [3.05, 3.63) is 0 Å². The van der Waals surface area contributed by atoms with E-state index in [0.717, 1.165) is 26.2 Å². The Bertz CT molecular complexity index is 715. The van der Waals surface area contributed by atoms with Gasteiger partial charge >= 0.3 is 11.9 Å². The van der Waals surface area contributed by atoms with Gasteiger partial charge in [-0.25, -0.2) is 0 Å². The average Bonchev–Trinajstić information content (AvgIpc) is 3.36. The molecule has 3 aliphatic rings. The number of ether oxygens (including phenoxy) is 1. The van der Waals surface area contributed by atoms with Crippen LogP contribution in [0.3, 0.4) is 0 Å². The van der Waals surface area contributed by atoms with E-state index >= 15 is 0 Å². The fourth-order valence-electron chi connectivity index (χ4n) is 3.83. The average molecular weight is 483 g/mol. The number of nitrogens with one attached hydrogen (secondary N) is 2. The van der Waals surface area contributed by atoms with Crippen molar-refractivity contribution in [2.24, 2.45) is 0 Å². The number of nitrogens with zero attached hydrogens (tertiary/aromatic N) is 2. The molecule has 0 radical (unpaired) electrons. The summed E-state index contributed by atoms with van der Waals surface area (Å²) in [5.74, 6) is -1.80. The highest BCUT2D eigenvalue weighted by Gasteiger charge is 2.39. The largest absolute Gasteiger partial charge is 0.480 e. The quantitative estimate of drug-likeness (QED) is 0.148. The van der Waals surface area contributed by atoms with Gasteiger partial charge in [0.15, 0.2) is 0 Å². The molecule has 4 atom stereocenters. The van der Waals surface area contributed by atoms with E-state index < -0.39 is 46.3 Å². The van der Waals surface area contributed by atoms with Gasteiger partial charge in [0.1, 0.15) is 18.2 Å². The van der Waals surface area contributed by atoms with Crippen molar-refractivity contribution in [2.75, 3.05) is 64.7 Å². The van der Waals surface area contributed by atoms with Gasteiger partial charge in [0.2, 0.25) is 0 Å². The normalized spacial score (nSPS) is 29.3. The van der Waals surface area contributed by atoms with Gasteiger partial charge in [-0.2, -0.15) is 8.42 Å². The van der Waals surface area contributed by atoms with Crippen molar-refractivity contribution >= 4 is 22.1 Å². The highest BCUT2D eigenvalue weighted by Crippen LogP contribution is 2.15. The zero-order valence-corrected chi connectivity index (χ0v) is 18.7. The Labute approximate surface area is 187 Å². The Hall–Kier alpha value is -1.39. The predicted octanol–water partition coefficient (Wildman–Crippen LogP) is -3.45. The molecule has 0 spiro atoms. The van der Waals surface area contributed by atoms with Crippen molar-refractivity contribution in [2.45, 2.75) is 37.1 Å². The van der Waals surface area contributed by atoms with Crippen molar-refractivity contribution < 1.29 is 42.6 Å². The molecule has 0 aromatic carbocycles. The molecule has 14 heteroatoms. The molecule has 6 N–H and O–H groups in total. The number of β-amino-alcohol motifs (C(OH)–C–C–N with tert-alkyl or cyclic N) is 1. The zero-order chi connectivity index (χ0) is 23.7. The van der Waals surface area contributed by atoms with Gasteiger partial charge in [-0.3, -0.25) is 23.9 Å². The third kappa shape index (κ3) is 8.86. The summed E-state index contributed by atoms with van der Waals surface area (Å²) >= 11 is 0. The number of aliphatic carboxylic acids is 1. The molecular weight excluding hydrogens is 448 g/mol. The monoisotopic (exact) mass is 482 g/mol. The lowest BCUT2D eigenvalue weighted by molar-refractivity contribution is -0.157. The van der Waals surface area contributed by atoms with Crippen LogP contribution >= 0.6 is 0 Å². The topological polar surface area (TPSA) is 189 Å².